The largest absolute Gasteiger partial charge is 0.324 e. The highest BCUT2D eigenvalue weighted by Gasteiger charge is 2.39. The summed E-state index contributed by atoms with van der Waals surface area (Å²) >= 11 is 0. The van der Waals surface area contributed by atoms with E-state index < -0.39 is 9.84 Å². The van der Waals surface area contributed by atoms with Crippen molar-refractivity contribution in [2.75, 3.05) is 18.1 Å². The van der Waals surface area contributed by atoms with Crippen LogP contribution in [0.2, 0.25) is 0 Å². The van der Waals surface area contributed by atoms with Crippen LogP contribution in [0.1, 0.15) is 19.3 Å². The van der Waals surface area contributed by atoms with Crippen LogP contribution >= 0.6 is 0 Å². The van der Waals surface area contributed by atoms with Gasteiger partial charge < -0.3 is 11.1 Å². The molecule has 1 saturated heterocycles. The molecule has 1 aliphatic carbocycles. The number of rotatable bonds is 3. The summed E-state index contributed by atoms with van der Waals surface area (Å²) < 4.78 is 22.2. The number of nitrogens with two attached hydrogens (primary N) is 1. The van der Waals surface area contributed by atoms with Gasteiger partial charge in [0.1, 0.15) is 0 Å². The molecule has 0 aromatic carbocycles. The van der Waals surface area contributed by atoms with Gasteiger partial charge in [0.25, 0.3) is 0 Å². The van der Waals surface area contributed by atoms with E-state index in [1.165, 1.54) is 0 Å². The van der Waals surface area contributed by atoms with Crippen LogP contribution in [0.3, 0.4) is 0 Å². The molecular weight excluding hydrogens is 188 g/mol. The summed E-state index contributed by atoms with van der Waals surface area (Å²) in [5, 5.41) is 3.24. The summed E-state index contributed by atoms with van der Waals surface area (Å²) in [7, 11) is -2.75. The molecule has 1 atom stereocenters. The molecule has 0 bridgehead atoms. The SMILES string of the molecule is NC1(CNC2CCS(=O)(=O)C2)CC1. The Labute approximate surface area is 78.8 Å². The van der Waals surface area contributed by atoms with Gasteiger partial charge in [-0.05, 0) is 19.3 Å². The minimum atomic E-state index is -2.75. The van der Waals surface area contributed by atoms with Crippen molar-refractivity contribution in [1.29, 1.82) is 0 Å². The van der Waals surface area contributed by atoms with Crippen LogP contribution in [-0.2, 0) is 9.84 Å². The fourth-order valence-corrected chi connectivity index (χ4v) is 3.35. The number of hydrogen-bond donors (Lipinski definition) is 2. The van der Waals surface area contributed by atoms with Gasteiger partial charge in [-0.1, -0.05) is 0 Å². The Balaban J connectivity index is 1.78. The molecular formula is C8H16N2O2S. The maximum absolute atomic E-state index is 11.1. The third-order valence-corrected chi connectivity index (χ3v) is 4.64. The van der Waals surface area contributed by atoms with E-state index >= 15 is 0 Å². The molecule has 5 heteroatoms. The topological polar surface area (TPSA) is 72.2 Å². The van der Waals surface area contributed by atoms with E-state index in [0.717, 1.165) is 25.8 Å². The highest BCUT2D eigenvalue weighted by atomic mass is 32.2. The van der Waals surface area contributed by atoms with E-state index in [1.807, 2.05) is 0 Å². The van der Waals surface area contributed by atoms with Gasteiger partial charge in [0.2, 0.25) is 0 Å². The average Bonchev–Trinajstić information content (AvgIpc) is 2.65. The van der Waals surface area contributed by atoms with Crippen molar-refractivity contribution in [3.05, 3.63) is 0 Å². The van der Waals surface area contributed by atoms with Crippen molar-refractivity contribution in [3.63, 3.8) is 0 Å². The van der Waals surface area contributed by atoms with Crippen LogP contribution in [0.5, 0.6) is 0 Å². The predicted octanol–water partition coefficient (Wildman–Crippen LogP) is -0.746. The Kier molecular flexibility index (Phi) is 2.13. The van der Waals surface area contributed by atoms with Crippen LogP contribution in [-0.4, -0.2) is 38.0 Å². The molecule has 0 spiro atoms. The first-order valence-corrected chi connectivity index (χ1v) is 6.54. The van der Waals surface area contributed by atoms with E-state index in [-0.39, 0.29) is 11.6 Å². The molecule has 2 aliphatic rings. The molecule has 13 heavy (non-hydrogen) atoms. The van der Waals surface area contributed by atoms with Crippen LogP contribution < -0.4 is 11.1 Å². The smallest absolute Gasteiger partial charge is 0.151 e. The summed E-state index contributed by atoms with van der Waals surface area (Å²) in [4.78, 5) is 0. The standard InChI is InChI=1S/C8H16N2O2S/c9-8(2-3-8)6-10-7-1-4-13(11,12)5-7/h7,10H,1-6,9H2. The average molecular weight is 204 g/mol. The van der Waals surface area contributed by atoms with Crippen molar-refractivity contribution in [2.24, 2.45) is 5.73 Å². The fourth-order valence-electron chi connectivity index (χ4n) is 1.64. The minimum Gasteiger partial charge on any atom is -0.324 e. The fraction of sp³-hybridized carbons (Fsp3) is 1.00. The van der Waals surface area contributed by atoms with Gasteiger partial charge in [0.05, 0.1) is 11.5 Å². The lowest BCUT2D eigenvalue weighted by atomic mass is 10.2. The monoisotopic (exact) mass is 204 g/mol. The molecule has 1 saturated carbocycles. The van der Waals surface area contributed by atoms with Gasteiger partial charge in [-0.3, -0.25) is 0 Å². The van der Waals surface area contributed by atoms with E-state index in [9.17, 15) is 8.42 Å². The number of hydrogen-bond acceptors (Lipinski definition) is 4. The van der Waals surface area contributed by atoms with Gasteiger partial charge in [-0.25, -0.2) is 8.42 Å². The third kappa shape index (κ3) is 2.42. The van der Waals surface area contributed by atoms with Crippen LogP contribution in [0.15, 0.2) is 0 Å². The Hall–Kier alpha value is -0.130. The quantitative estimate of drug-likeness (QED) is 0.635. The zero-order valence-electron chi connectivity index (χ0n) is 7.62. The summed E-state index contributed by atoms with van der Waals surface area (Å²) in [5.41, 5.74) is 5.86. The Morgan fingerprint density at radius 3 is 2.62 bits per heavy atom. The lowest BCUT2D eigenvalue weighted by molar-refractivity contribution is 0.499. The molecule has 0 aromatic rings. The maximum atomic E-state index is 11.1. The molecule has 2 fully saturated rings. The second-order valence-corrected chi connectivity index (χ2v) is 6.57. The van der Waals surface area contributed by atoms with Gasteiger partial charge in [-0.2, -0.15) is 0 Å². The van der Waals surface area contributed by atoms with Crippen molar-refractivity contribution in [1.82, 2.24) is 5.32 Å². The maximum Gasteiger partial charge on any atom is 0.151 e. The normalized spacial score (nSPS) is 34.7. The van der Waals surface area contributed by atoms with Gasteiger partial charge >= 0.3 is 0 Å². The van der Waals surface area contributed by atoms with Crippen molar-refractivity contribution in [3.8, 4) is 0 Å². The highest BCUT2D eigenvalue weighted by molar-refractivity contribution is 7.91. The van der Waals surface area contributed by atoms with Gasteiger partial charge in [0.15, 0.2) is 9.84 Å². The number of nitrogens with one attached hydrogen (secondary N) is 1. The van der Waals surface area contributed by atoms with Gasteiger partial charge in [0, 0.05) is 18.1 Å². The van der Waals surface area contributed by atoms with Gasteiger partial charge in [-0.15, -0.1) is 0 Å². The van der Waals surface area contributed by atoms with E-state index in [0.29, 0.717) is 11.5 Å². The highest BCUT2D eigenvalue weighted by Crippen LogP contribution is 2.31. The third-order valence-electron chi connectivity index (χ3n) is 2.87. The summed E-state index contributed by atoms with van der Waals surface area (Å²) in [6.07, 6.45) is 2.89. The van der Waals surface area contributed by atoms with Crippen molar-refractivity contribution < 1.29 is 8.42 Å². The zero-order chi connectivity index (χ0) is 9.53. The van der Waals surface area contributed by atoms with E-state index in [4.69, 9.17) is 5.73 Å². The first-order valence-electron chi connectivity index (χ1n) is 4.72. The molecule has 4 nitrogen and oxygen atoms in total. The lowest BCUT2D eigenvalue weighted by Crippen LogP contribution is -2.41. The number of sulfone groups is 1. The summed E-state index contributed by atoms with van der Waals surface area (Å²) in [6, 6.07) is 0.144. The second kappa shape index (κ2) is 2.93. The Bertz CT molecular complexity index is 295. The van der Waals surface area contributed by atoms with Crippen LogP contribution in [0, 0.1) is 0 Å². The molecule has 1 heterocycles. The van der Waals surface area contributed by atoms with Crippen LogP contribution in [0.25, 0.3) is 0 Å². The molecule has 1 aliphatic heterocycles. The van der Waals surface area contributed by atoms with E-state index in [1.54, 1.807) is 0 Å². The molecule has 2 rings (SSSR count). The Morgan fingerprint density at radius 1 is 1.46 bits per heavy atom. The lowest BCUT2D eigenvalue weighted by Gasteiger charge is -2.14. The van der Waals surface area contributed by atoms with Crippen molar-refractivity contribution in [2.45, 2.75) is 30.8 Å². The molecule has 0 aromatic heterocycles. The van der Waals surface area contributed by atoms with Crippen molar-refractivity contribution >= 4 is 9.84 Å². The summed E-state index contributed by atoms with van der Waals surface area (Å²) in [6.45, 7) is 0.771. The molecule has 0 amide bonds. The molecule has 3 N–H and O–H groups in total. The van der Waals surface area contributed by atoms with E-state index in [2.05, 4.69) is 5.32 Å². The predicted molar refractivity (Wildman–Crippen MR) is 51.2 cm³/mol. The first-order chi connectivity index (χ1) is 5.99. The first kappa shape index (κ1) is 9.43. The molecule has 1 unspecified atom stereocenters. The molecule has 76 valence electrons. The summed E-state index contributed by atoms with van der Waals surface area (Å²) in [5.74, 6) is 0.630. The zero-order valence-corrected chi connectivity index (χ0v) is 8.44. The minimum absolute atomic E-state index is 0.0215. The van der Waals surface area contributed by atoms with Crippen LogP contribution in [0.4, 0.5) is 0 Å². The molecule has 0 radical (unpaired) electrons. The Morgan fingerprint density at radius 2 is 2.15 bits per heavy atom. The second-order valence-electron chi connectivity index (χ2n) is 4.34.